The molecule has 0 aliphatic heterocycles. The number of carbonyl (C=O) groups is 1. The minimum absolute atomic E-state index is 0.238. The molecule has 3 nitrogen and oxygen atoms in total. The first-order chi connectivity index (χ1) is 9.65. The van der Waals surface area contributed by atoms with Gasteiger partial charge < -0.3 is 0 Å². The molecule has 0 saturated heterocycles. The first-order valence-electron chi connectivity index (χ1n) is 7.24. The van der Waals surface area contributed by atoms with E-state index in [-0.39, 0.29) is 5.91 Å². The molecule has 2 saturated carbocycles. The van der Waals surface area contributed by atoms with Gasteiger partial charge in [0.15, 0.2) is 0 Å². The SMILES string of the molecule is CC(=NNC(=O)c1ccccc1Cl)C1CC2CCC1C2. The van der Waals surface area contributed by atoms with Crippen LogP contribution in [0.4, 0.5) is 0 Å². The highest BCUT2D eigenvalue weighted by Crippen LogP contribution is 2.48. The number of hydrogen-bond acceptors (Lipinski definition) is 2. The molecule has 0 spiro atoms. The Kier molecular flexibility index (Phi) is 3.79. The molecule has 3 unspecified atom stereocenters. The third-order valence-corrected chi connectivity index (χ3v) is 5.06. The van der Waals surface area contributed by atoms with Crippen LogP contribution in [-0.4, -0.2) is 11.6 Å². The molecular formula is C16H19ClN2O. The van der Waals surface area contributed by atoms with Crippen molar-refractivity contribution in [2.75, 3.05) is 0 Å². The maximum absolute atomic E-state index is 12.0. The molecule has 0 radical (unpaired) electrons. The number of halogens is 1. The molecule has 2 aliphatic carbocycles. The lowest BCUT2D eigenvalue weighted by molar-refractivity contribution is 0.0954. The molecule has 2 bridgehead atoms. The van der Waals surface area contributed by atoms with Crippen LogP contribution < -0.4 is 5.43 Å². The largest absolute Gasteiger partial charge is 0.272 e. The van der Waals surface area contributed by atoms with E-state index in [1.165, 1.54) is 25.7 Å². The standard InChI is InChI=1S/C16H19ClN2O/c1-10(14-9-11-6-7-12(14)8-11)18-19-16(20)13-4-2-3-5-15(13)17/h2-5,11-12,14H,6-9H2,1H3,(H,19,20). The van der Waals surface area contributed by atoms with Crippen LogP contribution in [0.1, 0.15) is 43.0 Å². The molecule has 1 N–H and O–H groups in total. The molecule has 0 aromatic heterocycles. The van der Waals surface area contributed by atoms with Gasteiger partial charge in [-0.3, -0.25) is 4.79 Å². The van der Waals surface area contributed by atoms with Crippen molar-refractivity contribution in [3.05, 3.63) is 34.9 Å². The Morgan fingerprint density at radius 2 is 2.10 bits per heavy atom. The molecule has 0 heterocycles. The highest BCUT2D eigenvalue weighted by atomic mass is 35.5. The second-order valence-corrected chi connectivity index (χ2v) is 6.36. The van der Waals surface area contributed by atoms with Crippen molar-refractivity contribution in [3.8, 4) is 0 Å². The van der Waals surface area contributed by atoms with E-state index in [1.54, 1.807) is 18.2 Å². The zero-order valence-corrected chi connectivity index (χ0v) is 12.4. The predicted molar refractivity (Wildman–Crippen MR) is 81.0 cm³/mol. The minimum Gasteiger partial charge on any atom is -0.267 e. The summed E-state index contributed by atoms with van der Waals surface area (Å²) in [5.41, 5.74) is 4.16. The summed E-state index contributed by atoms with van der Waals surface area (Å²) in [6.07, 6.45) is 5.28. The van der Waals surface area contributed by atoms with Gasteiger partial charge in [0.05, 0.1) is 10.6 Å². The van der Waals surface area contributed by atoms with Crippen LogP contribution in [0.25, 0.3) is 0 Å². The van der Waals surface area contributed by atoms with Gasteiger partial charge >= 0.3 is 0 Å². The maximum atomic E-state index is 12.0. The van der Waals surface area contributed by atoms with Gasteiger partial charge in [-0.25, -0.2) is 5.43 Å². The molecule has 2 aliphatic rings. The molecule has 4 heteroatoms. The fourth-order valence-electron chi connectivity index (χ4n) is 3.68. The van der Waals surface area contributed by atoms with E-state index in [9.17, 15) is 4.79 Å². The van der Waals surface area contributed by atoms with Crippen LogP contribution in [-0.2, 0) is 0 Å². The molecule has 1 aromatic rings. The Labute approximate surface area is 124 Å². The molecule has 1 aromatic carbocycles. The number of fused-ring (bicyclic) bond motifs is 2. The van der Waals surface area contributed by atoms with E-state index in [0.717, 1.165) is 17.5 Å². The minimum atomic E-state index is -0.238. The second-order valence-electron chi connectivity index (χ2n) is 5.96. The number of nitrogens with one attached hydrogen (secondary N) is 1. The van der Waals surface area contributed by atoms with Gasteiger partial charge in [-0.1, -0.05) is 30.2 Å². The number of hydrazone groups is 1. The van der Waals surface area contributed by atoms with E-state index in [4.69, 9.17) is 11.6 Å². The summed E-state index contributed by atoms with van der Waals surface area (Å²) in [7, 11) is 0. The molecule has 20 heavy (non-hydrogen) atoms. The lowest BCUT2D eigenvalue weighted by Crippen LogP contribution is -2.24. The van der Waals surface area contributed by atoms with E-state index in [1.807, 2.05) is 13.0 Å². The smallest absolute Gasteiger partial charge is 0.267 e. The predicted octanol–water partition coefficient (Wildman–Crippen LogP) is 3.88. The van der Waals surface area contributed by atoms with Crippen molar-refractivity contribution >= 4 is 23.2 Å². The van der Waals surface area contributed by atoms with E-state index in [2.05, 4.69) is 10.5 Å². The Balaban J connectivity index is 1.65. The van der Waals surface area contributed by atoms with Gasteiger partial charge in [0.2, 0.25) is 0 Å². The third-order valence-electron chi connectivity index (χ3n) is 4.73. The van der Waals surface area contributed by atoms with Crippen molar-refractivity contribution < 1.29 is 4.79 Å². The Morgan fingerprint density at radius 3 is 2.75 bits per heavy atom. The van der Waals surface area contributed by atoms with Crippen LogP contribution in [0.3, 0.4) is 0 Å². The van der Waals surface area contributed by atoms with Gasteiger partial charge in [-0.2, -0.15) is 5.10 Å². The fourth-order valence-corrected chi connectivity index (χ4v) is 3.91. The number of benzene rings is 1. The van der Waals surface area contributed by atoms with Crippen LogP contribution in [0, 0.1) is 17.8 Å². The zero-order valence-electron chi connectivity index (χ0n) is 11.6. The number of rotatable bonds is 3. The first kappa shape index (κ1) is 13.6. The lowest BCUT2D eigenvalue weighted by Gasteiger charge is -2.21. The van der Waals surface area contributed by atoms with Gasteiger partial charge in [0, 0.05) is 11.6 Å². The van der Waals surface area contributed by atoms with Crippen molar-refractivity contribution in [3.63, 3.8) is 0 Å². The van der Waals surface area contributed by atoms with Crippen molar-refractivity contribution in [2.45, 2.75) is 32.6 Å². The fraction of sp³-hybridized carbons (Fsp3) is 0.500. The van der Waals surface area contributed by atoms with Crippen LogP contribution >= 0.6 is 11.6 Å². The van der Waals surface area contributed by atoms with E-state index >= 15 is 0 Å². The van der Waals surface area contributed by atoms with Crippen LogP contribution in [0.15, 0.2) is 29.4 Å². The van der Waals surface area contributed by atoms with Gasteiger partial charge in [-0.05, 0) is 50.2 Å². The number of amides is 1. The summed E-state index contributed by atoms with van der Waals surface area (Å²) in [4.78, 5) is 12.0. The number of nitrogens with zero attached hydrogens (tertiary/aromatic N) is 1. The highest BCUT2D eigenvalue weighted by Gasteiger charge is 2.40. The average molecular weight is 291 g/mol. The Morgan fingerprint density at radius 1 is 1.30 bits per heavy atom. The van der Waals surface area contributed by atoms with Crippen LogP contribution in [0.2, 0.25) is 5.02 Å². The van der Waals surface area contributed by atoms with Crippen molar-refractivity contribution in [1.82, 2.24) is 5.43 Å². The molecule has 1 amide bonds. The second kappa shape index (κ2) is 5.57. The zero-order chi connectivity index (χ0) is 14.1. The molecule has 3 atom stereocenters. The molecule has 106 valence electrons. The summed E-state index contributed by atoms with van der Waals surface area (Å²) in [5.74, 6) is 1.98. The van der Waals surface area contributed by atoms with Crippen molar-refractivity contribution in [1.29, 1.82) is 0 Å². The van der Waals surface area contributed by atoms with Gasteiger partial charge in [-0.15, -0.1) is 0 Å². The topological polar surface area (TPSA) is 41.5 Å². The first-order valence-corrected chi connectivity index (χ1v) is 7.62. The summed E-state index contributed by atoms with van der Waals surface area (Å²) >= 11 is 6.00. The summed E-state index contributed by atoms with van der Waals surface area (Å²) in [6, 6.07) is 7.03. The number of carbonyl (C=O) groups excluding carboxylic acids is 1. The van der Waals surface area contributed by atoms with Gasteiger partial charge in [0.1, 0.15) is 0 Å². The van der Waals surface area contributed by atoms with E-state index < -0.39 is 0 Å². The van der Waals surface area contributed by atoms with E-state index in [0.29, 0.717) is 16.5 Å². The quantitative estimate of drug-likeness (QED) is 0.666. The Bertz CT molecular complexity index is 555. The monoisotopic (exact) mass is 290 g/mol. The molecule has 3 rings (SSSR count). The normalized spacial score (nSPS) is 28.7. The summed E-state index contributed by atoms with van der Waals surface area (Å²) in [6.45, 7) is 2.03. The summed E-state index contributed by atoms with van der Waals surface area (Å²) in [5, 5.41) is 4.76. The third kappa shape index (κ3) is 2.59. The number of hydrogen-bond donors (Lipinski definition) is 1. The Hall–Kier alpha value is -1.35. The molecule has 2 fully saturated rings. The lowest BCUT2D eigenvalue weighted by atomic mass is 9.86. The van der Waals surface area contributed by atoms with Gasteiger partial charge in [0.25, 0.3) is 5.91 Å². The summed E-state index contributed by atoms with van der Waals surface area (Å²) < 4.78 is 0. The maximum Gasteiger partial charge on any atom is 0.272 e. The van der Waals surface area contributed by atoms with Crippen molar-refractivity contribution in [2.24, 2.45) is 22.9 Å². The average Bonchev–Trinajstić information content (AvgIpc) is 3.07. The molecular weight excluding hydrogens is 272 g/mol. The van der Waals surface area contributed by atoms with Crippen LogP contribution in [0.5, 0.6) is 0 Å². The highest BCUT2D eigenvalue weighted by molar-refractivity contribution is 6.33.